The van der Waals surface area contributed by atoms with Crippen LogP contribution in [0, 0.1) is 11.8 Å². The molecule has 1 aromatic carbocycles. The van der Waals surface area contributed by atoms with Crippen molar-refractivity contribution in [3.63, 3.8) is 0 Å². The Hall–Kier alpha value is -0.00260. The monoisotopic (exact) mass is 938 g/mol. The van der Waals surface area contributed by atoms with Crippen LogP contribution >= 0.6 is 46.2 Å². The second-order valence-electron chi connectivity index (χ2n) is 15.6. The molecule has 0 spiro atoms. The molecule has 0 bridgehead atoms. The van der Waals surface area contributed by atoms with Crippen molar-refractivity contribution in [2.45, 2.75) is 119 Å². The zero-order valence-electron chi connectivity index (χ0n) is 31.1. The van der Waals surface area contributed by atoms with Gasteiger partial charge in [0.05, 0.1) is 0 Å². The maximum atomic E-state index is 6.80. The van der Waals surface area contributed by atoms with E-state index in [4.69, 9.17) is 8.83 Å². The number of furan rings is 2. The topological polar surface area (TPSA) is 26.3 Å². The SMILES string of the molecule is CCCCC(CC)CSc1ccc(-c2c3c[c]([Sn]([CH3])([CH3])[CH3])sc3c(-c3ccc(SCC(CC)CCCC)o3)c3c[c]([Sn]([CH3])([CH3])[CH3])sc23)o1. The van der Waals surface area contributed by atoms with E-state index in [-0.39, 0.29) is 0 Å². The van der Waals surface area contributed by atoms with E-state index in [0.717, 1.165) is 45.0 Å². The summed E-state index contributed by atoms with van der Waals surface area (Å²) in [5.74, 6) is 5.82. The first-order valence-electron chi connectivity index (χ1n) is 18.4. The Morgan fingerprint density at radius 1 is 0.604 bits per heavy atom. The van der Waals surface area contributed by atoms with Gasteiger partial charge < -0.3 is 0 Å². The third-order valence-corrected chi connectivity index (χ3v) is 33.0. The summed E-state index contributed by atoms with van der Waals surface area (Å²) in [5, 5.41) is 4.83. The number of unbranched alkanes of at least 4 members (excludes halogenated alkanes) is 2. The first-order valence-corrected chi connectivity index (χ1v) is 42.0. The van der Waals surface area contributed by atoms with E-state index in [1.807, 2.05) is 46.2 Å². The molecule has 48 heavy (non-hydrogen) atoms. The van der Waals surface area contributed by atoms with E-state index >= 15 is 0 Å². The molecular weight excluding hydrogens is 878 g/mol. The van der Waals surface area contributed by atoms with E-state index in [0.29, 0.717) is 0 Å². The third kappa shape index (κ3) is 9.31. The van der Waals surface area contributed by atoms with E-state index in [2.05, 4.69) is 93.7 Å². The zero-order chi connectivity index (χ0) is 34.6. The van der Waals surface area contributed by atoms with Gasteiger partial charge in [0, 0.05) is 0 Å². The molecule has 0 radical (unpaired) electrons. The van der Waals surface area contributed by atoms with E-state index in [9.17, 15) is 0 Å². The van der Waals surface area contributed by atoms with Gasteiger partial charge in [-0.25, -0.2) is 0 Å². The molecule has 0 saturated heterocycles. The fraction of sp³-hybridized carbons (Fsp3) is 0.550. The molecule has 0 N–H and O–H groups in total. The number of thioether (sulfide) groups is 2. The summed E-state index contributed by atoms with van der Waals surface area (Å²) in [6.45, 7) is 9.27. The van der Waals surface area contributed by atoms with Gasteiger partial charge >= 0.3 is 292 Å². The van der Waals surface area contributed by atoms with Crippen LogP contribution in [0.15, 0.2) is 55.4 Å². The van der Waals surface area contributed by atoms with Crippen LogP contribution in [0.5, 0.6) is 0 Å². The van der Waals surface area contributed by atoms with Gasteiger partial charge in [0.25, 0.3) is 0 Å². The van der Waals surface area contributed by atoms with Crippen molar-refractivity contribution in [3.8, 4) is 22.6 Å². The van der Waals surface area contributed by atoms with Crippen molar-refractivity contribution in [3.05, 3.63) is 36.4 Å². The standard InChI is InChI=1S/C34H40O2S4.6CH3.2Sn/c1-5-9-11-23(7-3)21-39-29-15-13-27(35-29)31-25-17-19-38-34(25)32(26-18-20-37-33(26)31)28-14-16-30(36-28)40-22-24(8-4)12-10-6-2;;;;;;;;/h13-18,23-24H,5-12,21-22H2,1-4H3;6*1H3;;. The van der Waals surface area contributed by atoms with E-state index in [1.54, 1.807) is 5.79 Å². The fourth-order valence-electron chi connectivity index (χ4n) is 6.26. The molecule has 2 nitrogen and oxygen atoms in total. The van der Waals surface area contributed by atoms with Gasteiger partial charge in [-0.1, -0.05) is 26.7 Å². The third-order valence-electron chi connectivity index (χ3n) is 9.60. The van der Waals surface area contributed by atoms with Gasteiger partial charge in [0.2, 0.25) is 0 Å². The summed E-state index contributed by atoms with van der Waals surface area (Å²) >= 11 is 3.10. The van der Waals surface area contributed by atoms with Crippen LogP contribution < -0.4 is 5.79 Å². The van der Waals surface area contributed by atoms with Crippen molar-refractivity contribution in [1.29, 1.82) is 0 Å². The molecule has 2 unspecified atom stereocenters. The normalized spacial score (nSPS) is 14.0. The summed E-state index contributed by atoms with van der Waals surface area (Å²) < 4.78 is 19.6. The Balaban J connectivity index is 1.63. The summed E-state index contributed by atoms with van der Waals surface area (Å²) in [7, 11) is 0. The molecule has 8 heteroatoms. The number of rotatable bonds is 18. The number of thiophene rings is 2. The van der Waals surface area contributed by atoms with Gasteiger partial charge in [-0.15, -0.1) is 0 Å². The minimum absolute atomic E-state index is 0.750. The van der Waals surface area contributed by atoms with Gasteiger partial charge in [0.15, 0.2) is 0 Å². The quantitative estimate of drug-likeness (QED) is 0.0646. The molecule has 0 aliphatic heterocycles. The molecule has 4 heterocycles. The minimum atomic E-state index is -2.40. The van der Waals surface area contributed by atoms with Gasteiger partial charge in [-0.3, -0.25) is 0 Å². The molecule has 5 rings (SSSR count). The summed E-state index contributed by atoms with van der Waals surface area (Å²) in [6, 6.07) is 14.1. The van der Waals surface area contributed by atoms with Crippen molar-refractivity contribution in [2.75, 3.05) is 11.5 Å². The molecule has 262 valence electrons. The average molecular weight is 937 g/mol. The van der Waals surface area contributed by atoms with Crippen LogP contribution in [0.1, 0.15) is 79.1 Å². The van der Waals surface area contributed by atoms with Gasteiger partial charge in [0.1, 0.15) is 0 Å². The number of fused-ring (bicyclic) bond motifs is 2. The average Bonchev–Trinajstić information content (AvgIpc) is 3.85. The Morgan fingerprint density at radius 2 is 1.00 bits per heavy atom. The van der Waals surface area contributed by atoms with Crippen LogP contribution in [-0.2, 0) is 0 Å². The van der Waals surface area contributed by atoms with E-state index in [1.165, 1.54) is 82.7 Å². The van der Waals surface area contributed by atoms with Crippen molar-refractivity contribution >= 4 is 109 Å². The Kier molecular flexibility index (Phi) is 14.1. The maximum absolute atomic E-state index is 6.80. The summed E-state index contributed by atoms with van der Waals surface area (Å²) in [5.41, 5.74) is 2.61. The van der Waals surface area contributed by atoms with Crippen LogP contribution in [0.4, 0.5) is 0 Å². The van der Waals surface area contributed by atoms with Gasteiger partial charge in [-0.05, 0) is 0 Å². The molecule has 0 saturated carbocycles. The van der Waals surface area contributed by atoms with Crippen molar-refractivity contribution in [1.82, 2.24) is 0 Å². The van der Waals surface area contributed by atoms with Crippen molar-refractivity contribution < 1.29 is 8.83 Å². The summed E-state index contributed by atoms with van der Waals surface area (Å²) in [6.07, 6.45) is 10.3. The van der Waals surface area contributed by atoms with E-state index < -0.39 is 36.8 Å². The molecule has 0 fully saturated rings. The Bertz CT molecular complexity index is 1600. The van der Waals surface area contributed by atoms with Crippen LogP contribution in [-0.4, -0.2) is 48.3 Å². The fourth-order valence-corrected chi connectivity index (χ4v) is 21.3. The predicted octanol–water partition coefficient (Wildman–Crippen LogP) is 14.3. The molecule has 0 amide bonds. The molecule has 4 aromatic heterocycles. The Labute approximate surface area is 315 Å². The molecule has 2 atom stereocenters. The zero-order valence-corrected chi connectivity index (χ0v) is 40.1. The van der Waals surface area contributed by atoms with Gasteiger partial charge in [-0.2, -0.15) is 0 Å². The first kappa shape index (κ1) is 39.2. The summed E-state index contributed by atoms with van der Waals surface area (Å²) in [4.78, 5) is 15.3. The molecule has 0 aliphatic carbocycles. The van der Waals surface area contributed by atoms with Crippen LogP contribution in [0.3, 0.4) is 0 Å². The first-order chi connectivity index (χ1) is 22.9. The Morgan fingerprint density at radius 3 is 1.33 bits per heavy atom. The molecular formula is C40H58O2S4Sn2. The van der Waals surface area contributed by atoms with Crippen LogP contribution in [0.25, 0.3) is 42.8 Å². The molecule has 0 aliphatic rings. The second kappa shape index (κ2) is 17.2. The number of benzene rings is 1. The van der Waals surface area contributed by atoms with Crippen molar-refractivity contribution in [2.24, 2.45) is 11.8 Å². The molecule has 5 aromatic rings. The predicted molar refractivity (Wildman–Crippen MR) is 227 cm³/mol. The van der Waals surface area contributed by atoms with Crippen LogP contribution in [0.2, 0.25) is 29.6 Å². The number of hydrogen-bond donors (Lipinski definition) is 0. The number of hydrogen-bond acceptors (Lipinski definition) is 6. The second-order valence-corrected chi connectivity index (χ2v) is 50.6.